The summed E-state index contributed by atoms with van der Waals surface area (Å²) in [6, 6.07) is 0. The van der Waals surface area contributed by atoms with Crippen molar-refractivity contribution in [2.45, 2.75) is 219 Å². The average molecular weight is 755 g/mol. The number of carbonyl (C=O) groups excluding carboxylic acids is 2. The second-order valence-corrected chi connectivity index (χ2v) is 14.9. The summed E-state index contributed by atoms with van der Waals surface area (Å²) in [4.78, 5) is 25.0. The third kappa shape index (κ3) is 42.3. The van der Waals surface area contributed by atoms with E-state index in [1.54, 1.807) is 0 Å². The quantitative estimate of drug-likeness (QED) is 0.0353. The number of ether oxygens (including phenoxy) is 3. The minimum Gasteiger partial charge on any atom is -0.462 e. The monoisotopic (exact) mass is 755 g/mol. The molecule has 0 heterocycles. The van der Waals surface area contributed by atoms with Crippen LogP contribution in [0.3, 0.4) is 0 Å². The lowest BCUT2D eigenvalue weighted by Gasteiger charge is -2.18. The Morgan fingerprint density at radius 1 is 0.426 bits per heavy atom. The van der Waals surface area contributed by atoms with Gasteiger partial charge in [0.1, 0.15) is 6.61 Å². The smallest absolute Gasteiger partial charge is 0.306 e. The van der Waals surface area contributed by atoms with Crippen LogP contribution in [0.15, 0.2) is 60.8 Å². The molecular formula is C49H86O5. The summed E-state index contributed by atoms with van der Waals surface area (Å²) in [5, 5.41) is 0. The van der Waals surface area contributed by atoms with E-state index in [1.807, 2.05) is 0 Å². The maximum absolute atomic E-state index is 12.7. The number of esters is 2. The molecule has 0 aliphatic carbocycles. The molecule has 0 amide bonds. The first-order valence-electron chi connectivity index (χ1n) is 22.8. The van der Waals surface area contributed by atoms with Gasteiger partial charge in [-0.2, -0.15) is 0 Å². The van der Waals surface area contributed by atoms with Crippen LogP contribution in [0.5, 0.6) is 0 Å². The van der Waals surface area contributed by atoms with Crippen LogP contribution in [0.25, 0.3) is 0 Å². The minimum absolute atomic E-state index is 0.0628. The van der Waals surface area contributed by atoms with Crippen molar-refractivity contribution >= 4 is 11.9 Å². The average Bonchev–Trinajstić information content (AvgIpc) is 3.17. The van der Waals surface area contributed by atoms with E-state index >= 15 is 0 Å². The lowest BCUT2D eigenvalue weighted by molar-refractivity contribution is -0.162. The summed E-state index contributed by atoms with van der Waals surface area (Å²) in [5.74, 6) is -0.474. The van der Waals surface area contributed by atoms with E-state index < -0.39 is 6.10 Å². The van der Waals surface area contributed by atoms with Gasteiger partial charge in [-0.3, -0.25) is 9.59 Å². The highest BCUT2D eigenvalue weighted by Crippen LogP contribution is 2.14. The molecule has 0 unspecified atom stereocenters. The number of unbranched alkanes of at least 4 members (excludes halogenated alkanes) is 20. The summed E-state index contributed by atoms with van der Waals surface area (Å²) in [7, 11) is 0. The Hall–Kier alpha value is -2.40. The molecule has 0 rings (SSSR count). The molecule has 312 valence electrons. The molecule has 0 aliphatic rings. The summed E-state index contributed by atoms with van der Waals surface area (Å²) >= 11 is 0. The number of allylic oxidation sites excluding steroid dienone is 10. The normalized spacial score (nSPS) is 12.7. The van der Waals surface area contributed by atoms with E-state index in [9.17, 15) is 9.59 Å². The molecule has 0 bridgehead atoms. The molecule has 0 aromatic carbocycles. The zero-order chi connectivity index (χ0) is 39.3. The highest BCUT2D eigenvalue weighted by atomic mass is 16.6. The van der Waals surface area contributed by atoms with Crippen LogP contribution in [0.2, 0.25) is 0 Å². The Balaban J connectivity index is 4.19. The first-order valence-corrected chi connectivity index (χ1v) is 22.8. The number of hydrogen-bond donors (Lipinski definition) is 0. The van der Waals surface area contributed by atoms with Crippen LogP contribution < -0.4 is 0 Å². The lowest BCUT2D eigenvalue weighted by atomic mass is 10.0. The van der Waals surface area contributed by atoms with Crippen molar-refractivity contribution in [2.75, 3.05) is 19.8 Å². The van der Waals surface area contributed by atoms with Crippen molar-refractivity contribution in [1.29, 1.82) is 0 Å². The molecule has 0 aromatic rings. The number of hydrogen-bond acceptors (Lipinski definition) is 5. The summed E-state index contributed by atoms with van der Waals surface area (Å²) in [5.41, 5.74) is 0. The SMILES string of the molecule is CC/C=C\C/C=C\C/C=C\C/C=C\C/C=C\CCCC(=O)O[C@H](COCCCCCCCCCCCCCCCCCC)COC(=O)CCCCCCC. The zero-order valence-corrected chi connectivity index (χ0v) is 35.7. The number of rotatable bonds is 41. The Morgan fingerprint density at radius 2 is 0.833 bits per heavy atom. The minimum atomic E-state index is -0.559. The predicted molar refractivity (Wildman–Crippen MR) is 233 cm³/mol. The molecule has 0 saturated carbocycles. The van der Waals surface area contributed by atoms with Gasteiger partial charge < -0.3 is 14.2 Å². The lowest BCUT2D eigenvalue weighted by Crippen LogP contribution is -2.30. The van der Waals surface area contributed by atoms with Crippen molar-refractivity contribution in [1.82, 2.24) is 0 Å². The van der Waals surface area contributed by atoms with Gasteiger partial charge >= 0.3 is 11.9 Å². The maximum Gasteiger partial charge on any atom is 0.306 e. The Kier molecular flexibility index (Phi) is 43.0. The van der Waals surface area contributed by atoms with Gasteiger partial charge in [0.05, 0.1) is 6.61 Å². The van der Waals surface area contributed by atoms with Crippen LogP contribution in [-0.2, 0) is 23.8 Å². The van der Waals surface area contributed by atoms with Crippen molar-refractivity contribution in [3.8, 4) is 0 Å². The molecule has 0 N–H and O–H groups in total. The molecule has 0 fully saturated rings. The topological polar surface area (TPSA) is 61.8 Å². The van der Waals surface area contributed by atoms with Gasteiger partial charge in [-0.15, -0.1) is 0 Å². The van der Waals surface area contributed by atoms with Crippen molar-refractivity contribution < 1.29 is 23.8 Å². The van der Waals surface area contributed by atoms with E-state index in [4.69, 9.17) is 14.2 Å². The van der Waals surface area contributed by atoms with Crippen LogP contribution >= 0.6 is 0 Å². The molecule has 0 radical (unpaired) electrons. The molecule has 0 spiro atoms. The Morgan fingerprint density at radius 3 is 1.31 bits per heavy atom. The standard InChI is InChI=1S/C49H86O5/c1-4-7-10-13-15-17-19-21-23-25-26-28-30-32-34-37-40-43-49(51)54-47(46-53-48(50)42-39-36-12-9-6-3)45-52-44-41-38-35-33-31-29-27-24-22-20-18-16-14-11-8-5-2/h7,10,15,17,21,23,26,28,32,34,47H,4-6,8-9,11-14,16,18-20,22,24-25,27,29-31,33,35-46H2,1-3H3/b10-7-,17-15-,23-21-,28-26-,34-32-/t47-/m1/s1. The third-order valence-corrected chi connectivity index (χ3v) is 9.57. The molecule has 5 heteroatoms. The van der Waals surface area contributed by atoms with Gasteiger partial charge in [-0.1, -0.05) is 204 Å². The van der Waals surface area contributed by atoms with E-state index in [2.05, 4.69) is 81.5 Å². The molecule has 54 heavy (non-hydrogen) atoms. The fourth-order valence-corrected chi connectivity index (χ4v) is 6.19. The summed E-state index contributed by atoms with van der Waals surface area (Å²) in [6.07, 6.45) is 55.4. The highest BCUT2D eigenvalue weighted by Gasteiger charge is 2.17. The molecule has 0 saturated heterocycles. The fraction of sp³-hybridized carbons (Fsp3) is 0.755. The van der Waals surface area contributed by atoms with Crippen molar-refractivity contribution in [3.63, 3.8) is 0 Å². The second kappa shape index (κ2) is 45.0. The van der Waals surface area contributed by atoms with E-state index in [0.29, 0.717) is 19.4 Å². The molecule has 5 nitrogen and oxygen atoms in total. The van der Waals surface area contributed by atoms with Gasteiger partial charge in [0.2, 0.25) is 0 Å². The Bertz CT molecular complexity index is 946. The summed E-state index contributed by atoms with van der Waals surface area (Å²) < 4.78 is 17.2. The fourth-order valence-electron chi connectivity index (χ4n) is 6.19. The molecule has 0 aromatic heterocycles. The van der Waals surface area contributed by atoms with Gasteiger partial charge in [0.25, 0.3) is 0 Å². The third-order valence-electron chi connectivity index (χ3n) is 9.57. The van der Waals surface area contributed by atoms with Gasteiger partial charge in [-0.25, -0.2) is 0 Å². The van der Waals surface area contributed by atoms with Gasteiger partial charge in [0, 0.05) is 19.4 Å². The van der Waals surface area contributed by atoms with Crippen molar-refractivity contribution in [2.24, 2.45) is 0 Å². The molecular weight excluding hydrogens is 669 g/mol. The second-order valence-electron chi connectivity index (χ2n) is 14.9. The maximum atomic E-state index is 12.7. The summed E-state index contributed by atoms with van der Waals surface area (Å²) in [6.45, 7) is 7.59. The van der Waals surface area contributed by atoms with E-state index in [1.165, 1.54) is 103 Å². The van der Waals surface area contributed by atoms with Gasteiger partial charge in [0.15, 0.2) is 6.10 Å². The first kappa shape index (κ1) is 51.6. The number of carbonyl (C=O) groups is 2. The molecule has 0 aliphatic heterocycles. The van der Waals surface area contributed by atoms with Crippen LogP contribution in [0.1, 0.15) is 213 Å². The Labute approximate surface area is 334 Å². The van der Waals surface area contributed by atoms with Crippen LogP contribution in [0.4, 0.5) is 0 Å². The predicted octanol–water partition coefficient (Wildman–Crippen LogP) is 15.0. The molecule has 1 atom stereocenters. The zero-order valence-electron chi connectivity index (χ0n) is 35.7. The van der Waals surface area contributed by atoms with Crippen molar-refractivity contribution in [3.05, 3.63) is 60.8 Å². The van der Waals surface area contributed by atoms with Gasteiger partial charge in [-0.05, 0) is 57.8 Å². The first-order chi connectivity index (χ1) is 26.6. The largest absolute Gasteiger partial charge is 0.462 e. The van der Waals surface area contributed by atoms with E-state index in [0.717, 1.165) is 77.0 Å². The van der Waals surface area contributed by atoms with E-state index in [-0.39, 0.29) is 25.2 Å². The highest BCUT2D eigenvalue weighted by molar-refractivity contribution is 5.70. The van der Waals surface area contributed by atoms with Crippen LogP contribution in [0, 0.1) is 0 Å². The van der Waals surface area contributed by atoms with Crippen LogP contribution in [-0.4, -0.2) is 37.9 Å².